The van der Waals surface area contributed by atoms with Gasteiger partial charge in [-0.1, -0.05) is 38.8 Å². The maximum Gasteiger partial charge on any atom is 0.269 e. The molecule has 0 spiro atoms. The smallest absolute Gasteiger partial charge is 0.269 e. The minimum absolute atomic E-state index is 0.0860. The Labute approximate surface area is 141 Å². The first-order valence-electron chi connectivity index (χ1n) is 8.08. The normalized spacial score (nSPS) is 24.2. The highest BCUT2D eigenvalue weighted by molar-refractivity contribution is 7.99. The predicted octanol–water partition coefficient (Wildman–Crippen LogP) is 3.77. The van der Waals surface area contributed by atoms with Crippen LogP contribution in [0.15, 0.2) is 24.3 Å². The first-order valence-corrected chi connectivity index (χ1v) is 9.23. The Hall–Kier alpha value is -1.56. The van der Waals surface area contributed by atoms with Gasteiger partial charge in [-0.3, -0.25) is 14.9 Å². The van der Waals surface area contributed by atoms with Crippen LogP contribution in [0.4, 0.5) is 5.69 Å². The van der Waals surface area contributed by atoms with Crippen LogP contribution in [0.5, 0.6) is 0 Å². The average molecular weight is 336 g/mol. The zero-order chi connectivity index (χ0) is 16.8. The highest BCUT2D eigenvalue weighted by Crippen LogP contribution is 2.29. The molecule has 3 atom stereocenters. The minimum atomic E-state index is -0.406. The van der Waals surface area contributed by atoms with E-state index in [1.807, 2.05) is 0 Å². The topological polar surface area (TPSA) is 72.2 Å². The number of nitro groups is 1. The molecular formula is C17H24N2O3S. The second-order valence-corrected chi connectivity index (χ2v) is 7.34. The molecule has 1 aliphatic rings. The van der Waals surface area contributed by atoms with Gasteiger partial charge in [-0.25, -0.2) is 0 Å². The van der Waals surface area contributed by atoms with Gasteiger partial charge < -0.3 is 5.32 Å². The average Bonchev–Trinajstić information content (AvgIpc) is 2.52. The molecule has 0 heterocycles. The van der Waals surface area contributed by atoms with Crippen LogP contribution >= 0.6 is 11.8 Å². The molecule has 0 unspecified atom stereocenters. The molecule has 0 saturated heterocycles. The molecule has 1 aliphatic carbocycles. The molecule has 6 heteroatoms. The Morgan fingerprint density at radius 1 is 1.30 bits per heavy atom. The lowest BCUT2D eigenvalue weighted by Gasteiger charge is -2.34. The van der Waals surface area contributed by atoms with Crippen LogP contribution in [0.3, 0.4) is 0 Å². The SMILES string of the molecule is C[C@@H]1[C@H](C)CCC[C@H]1NC(=O)CSCc1ccc([N+](=O)[O-])cc1. The number of benzene rings is 1. The summed E-state index contributed by atoms with van der Waals surface area (Å²) in [6.07, 6.45) is 3.51. The second-order valence-electron chi connectivity index (χ2n) is 6.36. The molecule has 126 valence electrons. The van der Waals surface area contributed by atoms with E-state index in [1.165, 1.54) is 36.7 Å². The third-order valence-corrected chi connectivity index (χ3v) is 5.71. The van der Waals surface area contributed by atoms with Gasteiger partial charge >= 0.3 is 0 Å². The summed E-state index contributed by atoms with van der Waals surface area (Å²) in [4.78, 5) is 22.3. The molecule has 0 aliphatic heterocycles. The van der Waals surface area contributed by atoms with E-state index in [-0.39, 0.29) is 11.6 Å². The van der Waals surface area contributed by atoms with Crippen molar-refractivity contribution in [3.63, 3.8) is 0 Å². The van der Waals surface area contributed by atoms with Crippen LogP contribution in [-0.4, -0.2) is 22.6 Å². The van der Waals surface area contributed by atoms with Crippen LogP contribution in [0, 0.1) is 22.0 Å². The molecule has 2 rings (SSSR count). The summed E-state index contributed by atoms with van der Waals surface area (Å²) >= 11 is 1.54. The van der Waals surface area contributed by atoms with E-state index in [2.05, 4.69) is 19.2 Å². The van der Waals surface area contributed by atoms with Crippen molar-refractivity contribution in [3.05, 3.63) is 39.9 Å². The first-order chi connectivity index (χ1) is 11.0. The molecule has 0 aromatic heterocycles. The lowest BCUT2D eigenvalue weighted by atomic mass is 9.78. The highest BCUT2D eigenvalue weighted by atomic mass is 32.2. The van der Waals surface area contributed by atoms with Crippen LogP contribution < -0.4 is 5.32 Å². The Balaban J connectivity index is 1.73. The maximum atomic E-state index is 12.1. The lowest BCUT2D eigenvalue weighted by Crippen LogP contribution is -2.44. The van der Waals surface area contributed by atoms with E-state index >= 15 is 0 Å². The van der Waals surface area contributed by atoms with Crippen LogP contribution in [-0.2, 0) is 10.5 Å². The summed E-state index contributed by atoms with van der Waals surface area (Å²) in [5, 5.41) is 13.8. The number of thioether (sulfide) groups is 1. The number of amides is 1. The summed E-state index contributed by atoms with van der Waals surface area (Å²) in [5.41, 5.74) is 1.09. The van der Waals surface area contributed by atoms with E-state index in [9.17, 15) is 14.9 Å². The minimum Gasteiger partial charge on any atom is -0.352 e. The number of nitro benzene ring substituents is 1. The standard InChI is InChI=1S/C17H24N2O3S/c1-12-4-3-5-16(13(12)2)18-17(20)11-23-10-14-6-8-15(9-7-14)19(21)22/h6-9,12-13,16H,3-5,10-11H2,1-2H3,(H,18,20)/t12-,13-,16-/m1/s1. The van der Waals surface area contributed by atoms with Crippen molar-refractivity contribution >= 4 is 23.4 Å². The number of nitrogens with zero attached hydrogens (tertiary/aromatic N) is 1. The van der Waals surface area contributed by atoms with E-state index in [0.29, 0.717) is 29.4 Å². The molecule has 1 saturated carbocycles. The fourth-order valence-corrected chi connectivity index (χ4v) is 3.81. The van der Waals surface area contributed by atoms with E-state index in [4.69, 9.17) is 0 Å². The van der Waals surface area contributed by atoms with Crippen molar-refractivity contribution in [2.24, 2.45) is 11.8 Å². The fraction of sp³-hybridized carbons (Fsp3) is 0.588. The Morgan fingerprint density at radius 3 is 2.65 bits per heavy atom. The number of hydrogen-bond donors (Lipinski definition) is 1. The molecule has 5 nitrogen and oxygen atoms in total. The van der Waals surface area contributed by atoms with E-state index in [1.54, 1.807) is 12.1 Å². The number of carbonyl (C=O) groups excluding carboxylic acids is 1. The highest BCUT2D eigenvalue weighted by Gasteiger charge is 2.27. The summed E-state index contributed by atoms with van der Waals surface area (Å²) in [6.45, 7) is 4.48. The zero-order valence-electron chi connectivity index (χ0n) is 13.7. The predicted molar refractivity (Wildman–Crippen MR) is 93.4 cm³/mol. The summed E-state index contributed by atoms with van der Waals surface area (Å²) < 4.78 is 0. The number of non-ortho nitro benzene ring substituents is 1. The summed E-state index contributed by atoms with van der Waals surface area (Å²) in [5.74, 6) is 2.40. The third-order valence-electron chi connectivity index (χ3n) is 4.70. The molecule has 1 aromatic rings. The van der Waals surface area contributed by atoms with Crippen molar-refractivity contribution in [3.8, 4) is 0 Å². The monoisotopic (exact) mass is 336 g/mol. The van der Waals surface area contributed by atoms with Crippen molar-refractivity contribution in [1.29, 1.82) is 0 Å². The molecular weight excluding hydrogens is 312 g/mol. The van der Waals surface area contributed by atoms with E-state index in [0.717, 1.165) is 12.0 Å². The van der Waals surface area contributed by atoms with Crippen molar-refractivity contribution < 1.29 is 9.72 Å². The van der Waals surface area contributed by atoms with Gasteiger partial charge in [0, 0.05) is 23.9 Å². The number of nitrogens with one attached hydrogen (secondary N) is 1. The van der Waals surface area contributed by atoms with Gasteiger partial charge in [-0.15, -0.1) is 11.8 Å². The molecule has 0 bridgehead atoms. The quantitative estimate of drug-likeness (QED) is 0.634. The van der Waals surface area contributed by atoms with Gasteiger partial charge in [0.25, 0.3) is 5.69 Å². The van der Waals surface area contributed by atoms with Gasteiger partial charge in [0.1, 0.15) is 0 Å². The largest absolute Gasteiger partial charge is 0.352 e. The number of carbonyl (C=O) groups is 1. The molecule has 0 radical (unpaired) electrons. The Bertz CT molecular complexity index is 547. The number of rotatable bonds is 6. The second kappa shape index (κ2) is 8.34. The lowest BCUT2D eigenvalue weighted by molar-refractivity contribution is -0.384. The third kappa shape index (κ3) is 5.23. The Morgan fingerprint density at radius 2 is 2.00 bits per heavy atom. The van der Waals surface area contributed by atoms with Crippen LogP contribution in [0.2, 0.25) is 0 Å². The molecule has 1 N–H and O–H groups in total. The van der Waals surface area contributed by atoms with Crippen molar-refractivity contribution in [1.82, 2.24) is 5.32 Å². The van der Waals surface area contributed by atoms with Gasteiger partial charge in [0.05, 0.1) is 10.7 Å². The molecule has 23 heavy (non-hydrogen) atoms. The van der Waals surface area contributed by atoms with Gasteiger partial charge in [0.15, 0.2) is 0 Å². The first kappa shape index (κ1) is 17.8. The van der Waals surface area contributed by atoms with Crippen molar-refractivity contribution in [2.45, 2.75) is 44.9 Å². The van der Waals surface area contributed by atoms with Gasteiger partial charge in [0.2, 0.25) is 5.91 Å². The van der Waals surface area contributed by atoms with Crippen LogP contribution in [0.1, 0.15) is 38.7 Å². The molecule has 1 fully saturated rings. The summed E-state index contributed by atoms with van der Waals surface area (Å²) in [7, 11) is 0. The number of hydrogen-bond acceptors (Lipinski definition) is 4. The molecule has 1 aromatic carbocycles. The van der Waals surface area contributed by atoms with Gasteiger partial charge in [-0.05, 0) is 23.8 Å². The summed E-state index contributed by atoms with van der Waals surface area (Å²) in [6, 6.07) is 6.79. The van der Waals surface area contributed by atoms with E-state index < -0.39 is 4.92 Å². The zero-order valence-corrected chi connectivity index (χ0v) is 14.5. The Kier molecular flexibility index (Phi) is 6.45. The van der Waals surface area contributed by atoms with Gasteiger partial charge in [-0.2, -0.15) is 0 Å². The fourth-order valence-electron chi connectivity index (χ4n) is 3.01. The van der Waals surface area contributed by atoms with Crippen LogP contribution in [0.25, 0.3) is 0 Å². The molecule has 1 amide bonds. The maximum absolute atomic E-state index is 12.1. The van der Waals surface area contributed by atoms with Crippen molar-refractivity contribution in [2.75, 3.05) is 5.75 Å².